The maximum atomic E-state index is 14.5. The molecule has 4 aromatic rings. The van der Waals surface area contributed by atoms with E-state index in [-0.39, 0.29) is 40.6 Å². The van der Waals surface area contributed by atoms with Crippen LogP contribution in [0.2, 0.25) is 10.0 Å². The lowest BCUT2D eigenvalue weighted by atomic mass is 10.0. The maximum absolute atomic E-state index is 14.5. The maximum Gasteiger partial charge on any atom is 0.344 e. The SMILES string of the molecule is O=C(O)c1cc(F)c2nc(N3C[C@H]4C[C@@H]3CC4OC(=O)c3c(-c4c(Cl)cccc4Cl)noc3C3CC3)sc2c1. The van der Waals surface area contributed by atoms with E-state index in [1.54, 1.807) is 18.2 Å². The van der Waals surface area contributed by atoms with Crippen LogP contribution in [0.25, 0.3) is 21.5 Å². The third-order valence-corrected chi connectivity index (χ3v) is 9.40. The minimum atomic E-state index is -1.19. The van der Waals surface area contributed by atoms with Crippen molar-refractivity contribution < 1.29 is 28.3 Å². The van der Waals surface area contributed by atoms with Crippen molar-refractivity contribution in [2.24, 2.45) is 5.92 Å². The van der Waals surface area contributed by atoms with Crippen LogP contribution in [0.5, 0.6) is 0 Å². The van der Waals surface area contributed by atoms with Gasteiger partial charge in [-0.25, -0.2) is 19.0 Å². The van der Waals surface area contributed by atoms with Gasteiger partial charge in [0.05, 0.1) is 20.3 Å². The first kappa shape index (κ1) is 24.8. The van der Waals surface area contributed by atoms with Crippen LogP contribution in [0, 0.1) is 11.7 Å². The smallest absolute Gasteiger partial charge is 0.344 e. The average Bonchev–Trinajstić information content (AvgIpc) is 3.23. The van der Waals surface area contributed by atoms with E-state index < -0.39 is 17.8 Å². The lowest BCUT2D eigenvalue weighted by Gasteiger charge is -2.31. The molecule has 39 heavy (non-hydrogen) atoms. The van der Waals surface area contributed by atoms with Crippen molar-refractivity contribution >= 4 is 61.8 Å². The number of carboxylic acids is 1. The Hall–Kier alpha value is -3.21. The standard InChI is InChI=1S/C27H20Cl2FN3O5S/c28-15-2-1-3-16(29)20(15)23-21(24(38-32-23)11-4-5-11)26(36)37-18-9-14-6-13(18)10-33(14)27-31-22-17(30)7-12(25(34)35)8-19(22)39-27/h1-3,7-8,11,13-14,18H,4-6,9-10H2,(H,34,35)/t13-,14-,18?/m1/s1. The number of benzene rings is 2. The number of rotatable bonds is 6. The van der Waals surface area contributed by atoms with E-state index in [0.717, 1.165) is 25.3 Å². The monoisotopic (exact) mass is 587 g/mol. The average molecular weight is 588 g/mol. The number of piperidine rings is 1. The van der Waals surface area contributed by atoms with Crippen LogP contribution in [-0.2, 0) is 4.74 Å². The Kier molecular flexibility index (Phi) is 5.84. The molecule has 1 aliphatic heterocycles. The highest BCUT2D eigenvalue weighted by molar-refractivity contribution is 7.22. The molecule has 200 valence electrons. The Bertz CT molecular complexity index is 1650. The van der Waals surface area contributed by atoms with Gasteiger partial charge in [0, 0.05) is 36.4 Å². The lowest BCUT2D eigenvalue weighted by Crippen LogP contribution is -2.39. The second kappa shape index (κ2) is 9.18. The van der Waals surface area contributed by atoms with E-state index in [1.165, 1.54) is 17.4 Å². The second-order valence-electron chi connectivity index (χ2n) is 10.2. The van der Waals surface area contributed by atoms with Crippen molar-refractivity contribution in [1.29, 1.82) is 0 Å². The van der Waals surface area contributed by atoms with Crippen LogP contribution >= 0.6 is 34.5 Å². The molecule has 2 aliphatic carbocycles. The molecule has 1 N–H and O–H groups in total. The summed E-state index contributed by atoms with van der Waals surface area (Å²) in [4.78, 5) is 31.5. The van der Waals surface area contributed by atoms with Crippen LogP contribution in [0.3, 0.4) is 0 Å². The van der Waals surface area contributed by atoms with Gasteiger partial charge < -0.3 is 19.3 Å². The summed E-state index contributed by atoms with van der Waals surface area (Å²) >= 11 is 14.1. The van der Waals surface area contributed by atoms with Crippen molar-refractivity contribution in [2.75, 3.05) is 11.4 Å². The number of hydrogen-bond acceptors (Lipinski definition) is 8. The summed E-state index contributed by atoms with van der Waals surface area (Å²) in [6, 6.07) is 7.59. The minimum Gasteiger partial charge on any atom is -0.478 e. The van der Waals surface area contributed by atoms with Gasteiger partial charge in [0.25, 0.3) is 0 Å². The van der Waals surface area contributed by atoms with Gasteiger partial charge in [0.1, 0.15) is 22.9 Å². The molecule has 1 saturated heterocycles. The predicted molar refractivity (Wildman–Crippen MR) is 144 cm³/mol. The number of carbonyl (C=O) groups excluding carboxylic acids is 1. The highest BCUT2D eigenvalue weighted by Crippen LogP contribution is 2.48. The Morgan fingerprint density at radius 1 is 1.18 bits per heavy atom. The zero-order chi connectivity index (χ0) is 27.0. The number of nitrogens with zero attached hydrogens (tertiary/aromatic N) is 3. The van der Waals surface area contributed by atoms with E-state index in [9.17, 15) is 19.1 Å². The number of fused-ring (bicyclic) bond motifs is 3. The highest BCUT2D eigenvalue weighted by atomic mass is 35.5. The summed E-state index contributed by atoms with van der Waals surface area (Å²) in [7, 11) is 0. The van der Waals surface area contributed by atoms with Crippen LogP contribution in [-0.4, -0.2) is 45.9 Å². The Morgan fingerprint density at radius 2 is 1.95 bits per heavy atom. The quantitative estimate of drug-likeness (QED) is 0.245. The van der Waals surface area contributed by atoms with E-state index >= 15 is 0 Å². The fraction of sp³-hybridized carbons (Fsp3) is 0.333. The summed E-state index contributed by atoms with van der Waals surface area (Å²) in [5.41, 5.74) is 1.07. The molecule has 2 saturated carbocycles. The van der Waals surface area contributed by atoms with Gasteiger partial charge in [0.2, 0.25) is 0 Å². The molecule has 12 heteroatoms. The molecule has 8 nitrogen and oxygen atoms in total. The molecular weight excluding hydrogens is 568 g/mol. The molecule has 2 aromatic carbocycles. The number of carbonyl (C=O) groups is 2. The summed E-state index contributed by atoms with van der Waals surface area (Å²) in [5.74, 6) is -1.65. The second-order valence-corrected chi connectivity index (χ2v) is 12.1. The van der Waals surface area contributed by atoms with Gasteiger partial charge in [0.15, 0.2) is 16.7 Å². The van der Waals surface area contributed by atoms with Crippen molar-refractivity contribution in [3.8, 4) is 11.3 Å². The summed E-state index contributed by atoms with van der Waals surface area (Å²) < 4.78 is 26.7. The number of ether oxygens (including phenoxy) is 1. The molecule has 0 amide bonds. The molecule has 2 aromatic heterocycles. The number of thiazole rings is 1. The summed E-state index contributed by atoms with van der Waals surface area (Å²) in [6.07, 6.45) is 2.91. The number of hydrogen-bond donors (Lipinski definition) is 1. The fourth-order valence-corrected chi connectivity index (χ4v) is 7.40. The van der Waals surface area contributed by atoms with Gasteiger partial charge in [-0.05, 0) is 43.5 Å². The molecule has 7 rings (SSSR count). The zero-order valence-corrected chi connectivity index (χ0v) is 22.5. The number of aromatic nitrogens is 2. The number of halogens is 3. The predicted octanol–water partition coefficient (Wildman–Crippen LogP) is 6.80. The molecular formula is C27H20Cl2FN3O5S. The van der Waals surface area contributed by atoms with Crippen molar-refractivity contribution in [3.63, 3.8) is 0 Å². The third kappa shape index (κ3) is 4.16. The Labute approximate surface area is 235 Å². The third-order valence-electron chi connectivity index (χ3n) is 7.74. The Morgan fingerprint density at radius 3 is 2.62 bits per heavy atom. The minimum absolute atomic E-state index is 0.0678. The number of anilines is 1. The van der Waals surface area contributed by atoms with E-state index in [2.05, 4.69) is 15.0 Å². The van der Waals surface area contributed by atoms with E-state index in [1.807, 2.05) is 0 Å². The molecule has 0 radical (unpaired) electrons. The van der Waals surface area contributed by atoms with Crippen LogP contribution in [0.4, 0.5) is 9.52 Å². The first-order valence-electron chi connectivity index (χ1n) is 12.5. The molecule has 3 fully saturated rings. The van der Waals surface area contributed by atoms with Gasteiger partial charge >= 0.3 is 11.9 Å². The van der Waals surface area contributed by atoms with Gasteiger partial charge in [-0.3, -0.25) is 0 Å². The topological polar surface area (TPSA) is 106 Å². The van der Waals surface area contributed by atoms with Gasteiger partial charge in [-0.1, -0.05) is 45.8 Å². The lowest BCUT2D eigenvalue weighted by molar-refractivity contribution is 0.0191. The summed E-state index contributed by atoms with van der Waals surface area (Å²) in [6.45, 7) is 0.595. The molecule has 3 heterocycles. The number of esters is 1. The van der Waals surface area contributed by atoms with E-state index in [0.29, 0.717) is 49.9 Å². The largest absolute Gasteiger partial charge is 0.478 e. The van der Waals surface area contributed by atoms with Gasteiger partial charge in [-0.15, -0.1) is 0 Å². The van der Waals surface area contributed by atoms with Crippen LogP contribution < -0.4 is 4.90 Å². The van der Waals surface area contributed by atoms with E-state index in [4.69, 9.17) is 32.5 Å². The normalized spacial score (nSPS) is 22.1. The first-order valence-corrected chi connectivity index (χ1v) is 14.1. The van der Waals surface area contributed by atoms with Gasteiger partial charge in [-0.2, -0.15) is 0 Å². The van der Waals surface area contributed by atoms with Crippen molar-refractivity contribution in [3.05, 3.63) is 63.1 Å². The highest BCUT2D eigenvalue weighted by Gasteiger charge is 2.48. The molecule has 1 unspecified atom stereocenters. The number of aromatic carboxylic acids is 1. The molecule has 3 aliphatic rings. The van der Waals surface area contributed by atoms with Crippen LogP contribution in [0.1, 0.15) is 58.1 Å². The zero-order valence-electron chi connectivity index (χ0n) is 20.2. The molecule has 2 bridgehead atoms. The Balaban J connectivity index is 1.12. The van der Waals surface area contributed by atoms with Crippen molar-refractivity contribution in [2.45, 2.75) is 43.7 Å². The molecule has 3 atom stereocenters. The first-order chi connectivity index (χ1) is 18.8. The molecule has 0 spiro atoms. The van der Waals surface area contributed by atoms with Crippen LogP contribution in [0.15, 0.2) is 34.9 Å². The number of carboxylic acid groups (broad SMARTS) is 1. The fourth-order valence-electron chi connectivity index (χ4n) is 5.72. The van der Waals surface area contributed by atoms with Crippen molar-refractivity contribution in [1.82, 2.24) is 10.1 Å². The summed E-state index contributed by atoms with van der Waals surface area (Å²) in [5, 5.41) is 14.8.